The van der Waals surface area contributed by atoms with Gasteiger partial charge in [-0.1, -0.05) is 29.8 Å². The van der Waals surface area contributed by atoms with Gasteiger partial charge in [0.15, 0.2) is 0 Å². The first-order valence-electron chi connectivity index (χ1n) is 5.52. The molecule has 1 aromatic rings. The summed E-state index contributed by atoms with van der Waals surface area (Å²) in [7, 11) is 0. The molecule has 1 heterocycles. The van der Waals surface area contributed by atoms with E-state index in [1.165, 1.54) is 0 Å². The average molecular weight is 238 g/mol. The van der Waals surface area contributed by atoms with Gasteiger partial charge in [-0.3, -0.25) is 4.99 Å². The SMILES string of the molecule is CC(C)(O)[C@H]1CCC(c2ccccc2Cl)=N1. The van der Waals surface area contributed by atoms with Gasteiger partial charge in [0.2, 0.25) is 0 Å². The van der Waals surface area contributed by atoms with Crippen molar-refractivity contribution >= 4 is 17.3 Å². The molecule has 1 aliphatic rings. The van der Waals surface area contributed by atoms with Crippen molar-refractivity contribution in [2.45, 2.75) is 38.3 Å². The van der Waals surface area contributed by atoms with Crippen molar-refractivity contribution < 1.29 is 5.11 Å². The van der Waals surface area contributed by atoms with E-state index >= 15 is 0 Å². The lowest BCUT2D eigenvalue weighted by molar-refractivity contribution is 0.0535. The standard InChI is InChI=1S/C13H16ClNO/c1-13(2,16)12-8-7-11(15-12)9-5-3-4-6-10(9)14/h3-6,12,16H,7-8H2,1-2H3/t12-/m1/s1. The summed E-state index contributed by atoms with van der Waals surface area (Å²) in [5.41, 5.74) is 1.26. The van der Waals surface area contributed by atoms with Gasteiger partial charge in [-0.25, -0.2) is 0 Å². The van der Waals surface area contributed by atoms with Crippen LogP contribution in [0, 0.1) is 0 Å². The van der Waals surface area contributed by atoms with E-state index in [0.29, 0.717) is 0 Å². The molecule has 1 N–H and O–H groups in total. The molecule has 0 unspecified atom stereocenters. The van der Waals surface area contributed by atoms with Gasteiger partial charge in [0.1, 0.15) is 0 Å². The predicted octanol–water partition coefficient (Wildman–Crippen LogP) is 3.06. The molecule has 0 fully saturated rings. The van der Waals surface area contributed by atoms with Gasteiger partial charge in [-0.05, 0) is 32.8 Å². The minimum Gasteiger partial charge on any atom is -0.388 e. The maximum absolute atomic E-state index is 9.91. The highest BCUT2D eigenvalue weighted by molar-refractivity contribution is 6.34. The monoisotopic (exact) mass is 237 g/mol. The van der Waals surface area contributed by atoms with E-state index in [1.807, 2.05) is 24.3 Å². The van der Waals surface area contributed by atoms with E-state index in [1.54, 1.807) is 13.8 Å². The fourth-order valence-electron chi connectivity index (χ4n) is 2.00. The largest absolute Gasteiger partial charge is 0.388 e. The smallest absolute Gasteiger partial charge is 0.0814 e. The van der Waals surface area contributed by atoms with Gasteiger partial charge in [0.05, 0.1) is 11.6 Å². The number of benzene rings is 1. The first kappa shape index (κ1) is 11.6. The van der Waals surface area contributed by atoms with Crippen molar-refractivity contribution in [3.05, 3.63) is 34.9 Å². The fraction of sp³-hybridized carbons (Fsp3) is 0.462. The molecule has 0 radical (unpaired) electrons. The third kappa shape index (κ3) is 2.28. The summed E-state index contributed by atoms with van der Waals surface area (Å²) in [5, 5.41) is 10.6. The molecule has 0 aliphatic carbocycles. The molecule has 0 saturated heterocycles. The lowest BCUT2D eigenvalue weighted by atomic mass is 9.97. The van der Waals surface area contributed by atoms with Gasteiger partial charge in [0, 0.05) is 16.3 Å². The van der Waals surface area contributed by atoms with E-state index in [4.69, 9.17) is 11.6 Å². The Balaban J connectivity index is 2.28. The van der Waals surface area contributed by atoms with Gasteiger partial charge in [-0.15, -0.1) is 0 Å². The molecule has 3 heteroatoms. The summed E-state index contributed by atoms with van der Waals surface area (Å²) in [6.07, 6.45) is 1.78. The molecular weight excluding hydrogens is 222 g/mol. The molecule has 0 bridgehead atoms. The zero-order chi connectivity index (χ0) is 11.8. The van der Waals surface area contributed by atoms with Gasteiger partial charge in [0.25, 0.3) is 0 Å². The minimum atomic E-state index is -0.747. The van der Waals surface area contributed by atoms with Crippen molar-refractivity contribution in [2.24, 2.45) is 4.99 Å². The first-order valence-corrected chi connectivity index (χ1v) is 5.90. The van der Waals surface area contributed by atoms with Crippen LogP contribution in [-0.2, 0) is 0 Å². The number of aliphatic imine (C=N–C) groups is 1. The first-order chi connectivity index (χ1) is 7.48. The second kappa shape index (κ2) is 4.19. The molecule has 0 spiro atoms. The van der Waals surface area contributed by atoms with E-state index in [0.717, 1.165) is 29.1 Å². The van der Waals surface area contributed by atoms with Crippen molar-refractivity contribution in [3.8, 4) is 0 Å². The Morgan fingerprint density at radius 1 is 1.38 bits per heavy atom. The summed E-state index contributed by atoms with van der Waals surface area (Å²) >= 11 is 6.12. The Morgan fingerprint density at radius 3 is 2.62 bits per heavy atom. The molecule has 1 aromatic carbocycles. The zero-order valence-corrected chi connectivity index (χ0v) is 10.3. The van der Waals surface area contributed by atoms with Crippen LogP contribution in [0.15, 0.2) is 29.3 Å². The molecule has 86 valence electrons. The average Bonchev–Trinajstić information content (AvgIpc) is 2.66. The lowest BCUT2D eigenvalue weighted by Gasteiger charge is -2.22. The second-order valence-electron chi connectivity index (χ2n) is 4.76. The highest BCUT2D eigenvalue weighted by Gasteiger charge is 2.31. The lowest BCUT2D eigenvalue weighted by Crippen LogP contribution is -2.32. The number of aliphatic hydroxyl groups is 1. The third-order valence-electron chi connectivity index (χ3n) is 2.97. The van der Waals surface area contributed by atoms with Crippen LogP contribution >= 0.6 is 11.6 Å². The van der Waals surface area contributed by atoms with Gasteiger partial charge >= 0.3 is 0 Å². The Kier molecular flexibility index (Phi) is 3.04. The van der Waals surface area contributed by atoms with Crippen LogP contribution in [0.1, 0.15) is 32.3 Å². The Labute approximate surface area is 101 Å². The zero-order valence-electron chi connectivity index (χ0n) is 9.57. The van der Waals surface area contributed by atoms with Crippen LogP contribution < -0.4 is 0 Å². The summed E-state index contributed by atoms with van der Waals surface area (Å²) in [5.74, 6) is 0. The van der Waals surface area contributed by atoms with Crippen LogP contribution in [0.25, 0.3) is 0 Å². The molecule has 0 aromatic heterocycles. The maximum atomic E-state index is 9.91. The molecular formula is C13H16ClNO. The number of nitrogens with zero attached hydrogens (tertiary/aromatic N) is 1. The summed E-state index contributed by atoms with van der Waals surface area (Å²) in [4.78, 5) is 4.57. The summed E-state index contributed by atoms with van der Waals surface area (Å²) in [6, 6.07) is 7.71. The van der Waals surface area contributed by atoms with Crippen molar-refractivity contribution in [2.75, 3.05) is 0 Å². The number of hydrogen-bond acceptors (Lipinski definition) is 2. The Morgan fingerprint density at radius 2 is 2.06 bits per heavy atom. The minimum absolute atomic E-state index is 0.0150. The van der Waals surface area contributed by atoms with Gasteiger partial charge < -0.3 is 5.11 Å². The van der Waals surface area contributed by atoms with Crippen LogP contribution in [0.2, 0.25) is 5.02 Å². The highest BCUT2D eigenvalue weighted by Crippen LogP contribution is 2.28. The van der Waals surface area contributed by atoms with E-state index in [2.05, 4.69) is 4.99 Å². The van der Waals surface area contributed by atoms with Crippen LogP contribution in [0.5, 0.6) is 0 Å². The summed E-state index contributed by atoms with van der Waals surface area (Å²) < 4.78 is 0. The molecule has 16 heavy (non-hydrogen) atoms. The molecule has 0 saturated carbocycles. The topological polar surface area (TPSA) is 32.6 Å². The number of rotatable bonds is 2. The molecule has 2 nitrogen and oxygen atoms in total. The van der Waals surface area contributed by atoms with Crippen LogP contribution in [0.4, 0.5) is 0 Å². The van der Waals surface area contributed by atoms with Crippen molar-refractivity contribution in [3.63, 3.8) is 0 Å². The van der Waals surface area contributed by atoms with Crippen molar-refractivity contribution in [1.29, 1.82) is 0 Å². The molecule has 2 rings (SSSR count). The maximum Gasteiger partial charge on any atom is 0.0814 e. The van der Waals surface area contributed by atoms with E-state index < -0.39 is 5.60 Å². The number of halogens is 1. The summed E-state index contributed by atoms with van der Waals surface area (Å²) in [6.45, 7) is 3.60. The Hall–Kier alpha value is -0.860. The number of hydrogen-bond donors (Lipinski definition) is 1. The Bertz CT molecular complexity index is 420. The molecule has 1 aliphatic heterocycles. The second-order valence-corrected chi connectivity index (χ2v) is 5.17. The van der Waals surface area contributed by atoms with Crippen LogP contribution in [0.3, 0.4) is 0 Å². The van der Waals surface area contributed by atoms with Crippen LogP contribution in [-0.4, -0.2) is 22.5 Å². The predicted molar refractivity (Wildman–Crippen MR) is 67.3 cm³/mol. The van der Waals surface area contributed by atoms with E-state index in [9.17, 15) is 5.11 Å². The molecule has 1 atom stereocenters. The molecule has 0 amide bonds. The van der Waals surface area contributed by atoms with Crippen molar-refractivity contribution in [1.82, 2.24) is 0 Å². The normalized spacial score (nSPS) is 21.0. The highest BCUT2D eigenvalue weighted by atomic mass is 35.5. The van der Waals surface area contributed by atoms with Gasteiger partial charge in [-0.2, -0.15) is 0 Å². The quantitative estimate of drug-likeness (QED) is 0.843. The fourth-order valence-corrected chi connectivity index (χ4v) is 2.25. The third-order valence-corrected chi connectivity index (χ3v) is 3.30. The van der Waals surface area contributed by atoms with E-state index in [-0.39, 0.29) is 6.04 Å².